The lowest BCUT2D eigenvalue weighted by Gasteiger charge is -2.16. The van der Waals surface area contributed by atoms with Crippen molar-refractivity contribution in [2.24, 2.45) is 5.92 Å². The third-order valence-electron chi connectivity index (χ3n) is 3.06. The molecule has 0 aliphatic carbocycles. The monoisotopic (exact) mass is 340 g/mol. The van der Waals surface area contributed by atoms with Gasteiger partial charge in [-0.3, -0.25) is 14.9 Å². The topological polar surface area (TPSA) is 128 Å². The van der Waals surface area contributed by atoms with E-state index in [-0.39, 0.29) is 23.1 Å². The Morgan fingerprint density at radius 1 is 1.38 bits per heavy atom. The highest BCUT2D eigenvalue weighted by atomic mass is 16.6. The van der Waals surface area contributed by atoms with Crippen LogP contribution in [0.1, 0.15) is 20.3 Å². The third-order valence-corrected chi connectivity index (χ3v) is 3.06. The van der Waals surface area contributed by atoms with Crippen LogP contribution in [-0.2, 0) is 9.59 Å². The molecule has 0 aliphatic heterocycles. The molecule has 0 spiro atoms. The largest absolute Gasteiger partial charge is 0.490 e. The lowest BCUT2D eigenvalue weighted by Crippen LogP contribution is -2.43. The summed E-state index contributed by atoms with van der Waals surface area (Å²) in [6, 6.07) is 2.82. The van der Waals surface area contributed by atoms with E-state index in [0.29, 0.717) is 6.42 Å². The number of carboxylic acids is 1. The number of nitro groups is 1. The van der Waals surface area contributed by atoms with Crippen LogP contribution in [0.4, 0.5) is 5.69 Å². The number of aliphatic carboxylic acids is 1. The molecule has 2 N–H and O–H groups in total. The first kappa shape index (κ1) is 19.2. The Labute approximate surface area is 138 Å². The summed E-state index contributed by atoms with van der Waals surface area (Å²) in [5, 5.41) is 22.2. The summed E-state index contributed by atoms with van der Waals surface area (Å²) in [4.78, 5) is 33.1. The molecule has 0 radical (unpaired) electrons. The molecule has 0 aliphatic rings. The average Bonchev–Trinajstić information content (AvgIpc) is 2.51. The minimum Gasteiger partial charge on any atom is -0.490 e. The molecule has 0 heterocycles. The molecular weight excluding hydrogens is 320 g/mol. The number of methoxy groups -OCH3 is 1. The van der Waals surface area contributed by atoms with E-state index >= 15 is 0 Å². The summed E-state index contributed by atoms with van der Waals surface area (Å²) in [5.41, 5.74) is -0.225. The summed E-state index contributed by atoms with van der Waals surface area (Å²) in [5.74, 6) is -1.41. The minimum atomic E-state index is -1.12. The predicted molar refractivity (Wildman–Crippen MR) is 84.2 cm³/mol. The molecule has 1 aromatic carbocycles. The number of hydrogen-bond donors (Lipinski definition) is 2. The maximum absolute atomic E-state index is 11.8. The van der Waals surface area contributed by atoms with Crippen LogP contribution in [0.3, 0.4) is 0 Å². The first-order valence-electron chi connectivity index (χ1n) is 7.22. The summed E-state index contributed by atoms with van der Waals surface area (Å²) in [7, 11) is 1.28. The van der Waals surface area contributed by atoms with Crippen LogP contribution in [0.2, 0.25) is 0 Å². The fraction of sp³-hybridized carbons (Fsp3) is 0.467. The Morgan fingerprint density at radius 3 is 2.54 bits per heavy atom. The van der Waals surface area contributed by atoms with Gasteiger partial charge < -0.3 is 19.9 Å². The average molecular weight is 340 g/mol. The van der Waals surface area contributed by atoms with Crippen molar-refractivity contribution in [2.75, 3.05) is 13.7 Å². The zero-order valence-corrected chi connectivity index (χ0v) is 13.6. The van der Waals surface area contributed by atoms with Crippen LogP contribution in [0.25, 0.3) is 0 Å². The number of ether oxygens (including phenoxy) is 2. The second-order valence-electron chi connectivity index (χ2n) is 5.47. The molecule has 0 saturated carbocycles. The summed E-state index contributed by atoms with van der Waals surface area (Å²) in [6.45, 7) is 3.28. The van der Waals surface area contributed by atoms with E-state index in [2.05, 4.69) is 5.32 Å². The second-order valence-corrected chi connectivity index (χ2v) is 5.47. The van der Waals surface area contributed by atoms with Crippen molar-refractivity contribution in [2.45, 2.75) is 26.3 Å². The molecule has 0 aromatic heterocycles. The predicted octanol–water partition coefficient (Wildman–Crippen LogP) is 1.60. The number of amides is 1. The number of nitrogens with zero attached hydrogens (tertiary/aromatic N) is 1. The molecule has 1 amide bonds. The van der Waals surface area contributed by atoms with Crippen LogP contribution in [-0.4, -0.2) is 41.7 Å². The second kappa shape index (κ2) is 8.70. The lowest BCUT2D eigenvalue weighted by atomic mass is 10.0. The van der Waals surface area contributed by atoms with Crippen molar-refractivity contribution in [3.63, 3.8) is 0 Å². The van der Waals surface area contributed by atoms with Gasteiger partial charge in [0.15, 0.2) is 6.61 Å². The van der Waals surface area contributed by atoms with Crippen molar-refractivity contribution < 1.29 is 29.1 Å². The fourth-order valence-corrected chi connectivity index (χ4v) is 1.98. The Kier molecular flexibility index (Phi) is 6.97. The molecule has 24 heavy (non-hydrogen) atoms. The number of nitrogens with one attached hydrogen (secondary N) is 1. The van der Waals surface area contributed by atoms with Crippen LogP contribution in [0.15, 0.2) is 18.2 Å². The van der Waals surface area contributed by atoms with E-state index in [1.165, 1.54) is 25.3 Å². The van der Waals surface area contributed by atoms with Gasteiger partial charge in [-0.05, 0) is 18.4 Å². The Morgan fingerprint density at radius 2 is 2.04 bits per heavy atom. The van der Waals surface area contributed by atoms with Gasteiger partial charge in [0.1, 0.15) is 11.8 Å². The van der Waals surface area contributed by atoms with Crippen LogP contribution in [0.5, 0.6) is 11.5 Å². The zero-order chi connectivity index (χ0) is 18.3. The number of carbonyl (C=O) groups is 2. The number of hydrogen-bond acceptors (Lipinski definition) is 6. The number of rotatable bonds is 9. The molecule has 9 nitrogen and oxygen atoms in total. The molecule has 0 unspecified atom stereocenters. The van der Waals surface area contributed by atoms with Gasteiger partial charge in [-0.15, -0.1) is 0 Å². The van der Waals surface area contributed by atoms with Gasteiger partial charge in [0, 0.05) is 12.1 Å². The third kappa shape index (κ3) is 5.75. The van der Waals surface area contributed by atoms with Gasteiger partial charge in [-0.2, -0.15) is 0 Å². The van der Waals surface area contributed by atoms with Crippen molar-refractivity contribution in [1.29, 1.82) is 0 Å². The van der Waals surface area contributed by atoms with Gasteiger partial charge in [-0.1, -0.05) is 13.8 Å². The van der Waals surface area contributed by atoms with Crippen molar-refractivity contribution >= 4 is 17.6 Å². The molecule has 1 atom stereocenters. The standard InChI is InChI=1S/C15H20N2O7/c1-9(2)6-11(15(19)20)16-14(18)8-24-10-4-5-12(17(21)22)13(7-10)23-3/h4-5,7,9,11H,6,8H2,1-3H3,(H,16,18)(H,19,20)/t11-/m1/s1. The SMILES string of the molecule is COc1cc(OCC(=O)N[C@H](CC(C)C)C(=O)O)ccc1[N+](=O)[O-]. The maximum atomic E-state index is 11.8. The molecule has 1 rings (SSSR count). The lowest BCUT2D eigenvalue weighted by molar-refractivity contribution is -0.385. The highest BCUT2D eigenvalue weighted by Gasteiger charge is 2.21. The molecule has 1 aromatic rings. The number of benzene rings is 1. The van der Waals surface area contributed by atoms with Crippen LogP contribution < -0.4 is 14.8 Å². The van der Waals surface area contributed by atoms with Crippen molar-refractivity contribution in [3.05, 3.63) is 28.3 Å². The van der Waals surface area contributed by atoms with E-state index in [4.69, 9.17) is 14.6 Å². The van der Waals surface area contributed by atoms with Gasteiger partial charge in [0.05, 0.1) is 12.0 Å². The zero-order valence-electron chi connectivity index (χ0n) is 13.6. The fourth-order valence-electron chi connectivity index (χ4n) is 1.98. The number of carbonyl (C=O) groups excluding carboxylic acids is 1. The molecule has 132 valence electrons. The highest BCUT2D eigenvalue weighted by molar-refractivity contribution is 5.84. The molecule has 0 bridgehead atoms. The first-order chi connectivity index (χ1) is 11.2. The summed E-state index contributed by atoms with van der Waals surface area (Å²) < 4.78 is 10.1. The number of carboxylic acid groups (broad SMARTS) is 1. The quantitative estimate of drug-likeness (QED) is 0.516. The Bertz CT molecular complexity index is 616. The van der Waals surface area contributed by atoms with E-state index in [1.807, 2.05) is 13.8 Å². The van der Waals surface area contributed by atoms with Crippen molar-refractivity contribution in [3.8, 4) is 11.5 Å². The number of nitro benzene ring substituents is 1. The first-order valence-corrected chi connectivity index (χ1v) is 7.22. The Balaban J connectivity index is 2.66. The van der Waals surface area contributed by atoms with Gasteiger partial charge >= 0.3 is 11.7 Å². The maximum Gasteiger partial charge on any atom is 0.326 e. The smallest absolute Gasteiger partial charge is 0.326 e. The van der Waals surface area contributed by atoms with Gasteiger partial charge in [0.2, 0.25) is 5.75 Å². The molecule has 9 heteroatoms. The minimum absolute atomic E-state index is 0.00104. The summed E-state index contributed by atoms with van der Waals surface area (Å²) in [6.07, 6.45) is 0.298. The Hall–Kier alpha value is -2.84. The van der Waals surface area contributed by atoms with E-state index in [0.717, 1.165) is 0 Å². The van der Waals surface area contributed by atoms with Crippen molar-refractivity contribution in [1.82, 2.24) is 5.32 Å². The van der Waals surface area contributed by atoms with Gasteiger partial charge in [0.25, 0.3) is 5.91 Å². The van der Waals surface area contributed by atoms with Crippen LogP contribution >= 0.6 is 0 Å². The molecule has 0 saturated heterocycles. The van der Waals surface area contributed by atoms with Gasteiger partial charge in [-0.25, -0.2) is 4.79 Å². The van der Waals surface area contributed by atoms with E-state index in [1.54, 1.807) is 0 Å². The molecular formula is C15H20N2O7. The van der Waals surface area contributed by atoms with Crippen LogP contribution in [0, 0.1) is 16.0 Å². The highest BCUT2D eigenvalue weighted by Crippen LogP contribution is 2.30. The summed E-state index contributed by atoms with van der Waals surface area (Å²) >= 11 is 0. The van der Waals surface area contributed by atoms with E-state index < -0.39 is 29.4 Å². The van der Waals surface area contributed by atoms with E-state index in [9.17, 15) is 19.7 Å². The normalized spacial score (nSPS) is 11.7. The molecule has 0 fully saturated rings.